The molecule has 2 heterocycles. The van der Waals surface area contributed by atoms with Gasteiger partial charge in [0.2, 0.25) is 11.8 Å². The van der Waals surface area contributed by atoms with Crippen molar-refractivity contribution in [1.29, 1.82) is 0 Å². The van der Waals surface area contributed by atoms with Gasteiger partial charge in [0.15, 0.2) is 0 Å². The van der Waals surface area contributed by atoms with Crippen molar-refractivity contribution in [2.75, 3.05) is 19.7 Å². The fourth-order valence-electron chi connectivity index (χ4n) is 2.61. The van der Waals surface area contributed by atoms with Crippen LogP contribution in [0.3, 0.4) is 0 Å². The number of nitrogens with zero attached hydrogens (tertiary/aromatic N) is 1. The molecule has 0 aromatic carbocycles. The van der Waals surface area contributed by atoms with Crippen LogP contribution in [0.15, 0.2) is 0 Å². The normalized spacial score (nSPS) is 29.1. The van der Waals surface area contributed by atoms with E-state index in [2.05, 4.69) is 5.32 Å². The van der Waals surface area contributed by atoms with Gasteiger partial charge < -0.3 is 4.74 Å². The third-order valence-electron chi connectivity index (χ3n) is 3.70. The molecule has 5 nitrogen and oxygen atoms in total. The first-order valence-electron chi connectivity index (χ1n) is 6.91. The Kier molecular flexibility index (Phi) is 4.72. The Balaban J connectivity index is 1.78. The number of rotatable bonds is 5. The smallest absolute Gasteiger partial charge is 0.246 e. The molecule has 0 aromatic rings. The van der Waals surface area contributed by atoms with Gasteiger partial charge in [-0.25, -0.2) is 0 Å². The Morgan fingerprint density at radius 2 is 2.28 bits per heavy atom. The Hall–Kier alpha value is -0.940. The van der Waals surface area contributed by atoms with Gasteiger partial charge in [-0.15, -0.1) is 0 Å². The molecule has 2 atom stereocenters. The van der Waals surface area contributed by atoms with Crippen molar-refractivity contribution < 1.29 is 14.3 Å². The van der Waals surface area contributed by atoms with E-state index in [1.54, 1.807) is 0 Å². The minimum absolute atomic E-state index is 0.0684. The van der Waals surface area contributed by atoms with E-state index in [0.29, 0.717) is 12.6 Å². The number of piperazine rings is 1. The summed E-state index contributed by atoms with van der Waals surface area (Å²) in [5.74, 6) is -0.168. The van der Waals surface area contributed by atoms with E-state index in [-0.39, 0.29) is 24.4 Å². The van der Waals surface area contributed by atoms with Crippen LogP contribution < -0.4 is 5.32 Å². The lowest BCUT2D eigenvalue weighted by atomic mass is 10.1. The van der Waals surface area contributed by atoms with Gasteiger partial charge in [0.25, 0.3) is 0 Å². The van der Waals surface area contributed by atoms with E-state index in [1.165, 1.54) is 4.90 Å². The van der Waals surface area contributed by atoms with Crippen LogP contribution in [0.5, 0.6) is 0 Å². The van der Waals surface area contributed by atoms with Gasteiger partial charge in [-0.2, -0.15) is 0 Å². The van der Waals surface area contributed by atoms with E-state index in [0.717, 1.165) is 38.7 Å². The molecule has 2 amide bonds. The molecule has 2 aliphatic rings. The highest BCUT2D eigenvalue weighted by atomic mass is 16.5. The average Bonchev–Trinajstić information content (AvgIpc) is 2.86. The van der Waals surface area contributed by atoms with Crippen molar-refractivity contribution in [2.45, 2.75) is 51.2 Å². The first-order valence-corrected chi connectivity index (χ1v) is 6.91. The monoisotopic (exact) mass is 254 g/mol. The molecule has 2 fully saturated rings. The SMILES string of the molecule is CCC1NCC(=O)N(CCCC2CCCO2)C1=O. The summed E-state index contributed by atoms with van der Waals surface area (Å²) in [6.07, 6.45) is 5.10. The number of carbonyl (C=O) groups is 2. The van der Waals surface area contributed by atoms with E-state index in [1.807, 2.05) is 6.92 Å². The van der Waals surface area contributed by atoms with Crippen LogP contribution in [0, 0.1) is 0 Å². The molecule has 0 aliphatic carbocycles. The topological polar surface area (TPSA) is 58.6 Å². The van der Waals surface area contributed by atoms with Gasteiger partial charge in [-0.3, -0.25) is 19.8 Å². The molecule has 18 heavy (non-hydrogen) atoms. The van der Waals surface area contributed by atoms with Crippen LogP contribution in [0.2, 0.25) is 0 Å². The summed E-state index contributed by atoms with van der Waals surface area (Å²) in [5.41, 5.74) is 0. The molecule has 2 unspecified atom stereocenters. The maximum atomic E-state index is 12.0. The molecule has 0 radical (unpaired) electrons. The fourth-order valence-corrected chi connectivity index (χ4v) is 2.61. The zero-order chi connectivity index (χ0) is 13.0. The summed E-state index contributed by atoms with van der Waals surface area (Å²) < 4.78 is 5.54. The largest absolute Gasteiger partial charge is 0.378 e. The van der Waals surface area contributed by atoms with Crippen molar-refractivity contribution in [3.63, 3.8) is 0 Å². The molecule has 0 spiro atoms. The van der Waals surface area contributed by atoms with Crippen molar-refractivity contribution >= 4 is 11.8 Å². The van der Waals surface area contributed by atoms with E-state index < -0.39 is 0 Å². The number of ether oxygens (including phenoxy) is 1. The summed E-state index contributed by atoms with van der Waals surface area (Å²) in [4.78, 5) is 25.1. The molecule has 0 aromatic heterocycles. The van der Waals surface area contributed by atoms with Crippen molar-refractivity contribution in [3.05, 3.63) is 0 Å². The lowest BCUT2D eigenvalue weighted by molar-refractivity contribution is -0.149. The van der Waals surface area contributed by atoms with Gasteiger partial charge in [-0.1, -0.05) is 6.92 Å². The summed E-state index contributed by atoms with van der Waals surface area (Å²) >= 11 is 0. The van der Waals surface area contributed by atoms with E-state index >= 15 is 0 Å². The highest BCUT2D eigenvalue weighted by Gasteiger charge is 2.32. The quantitative estimate of drug-likeness (QED) is 0.733. The Morgan fingerprint density at radius 3 is 2.94 bits per heavy atom. The predicted molar refractivity (Wildman–Crippen MR) is 67.0 cm³/mol. The minimum Gasteiger partial charge on any atom is -0.378 e. The summed E-state index contributed by atoms with van der Waals surface area (Å²) in [6, 6.07) is -0.189. The van der Waals surface area contributed by atoms with Gasteiger partial charge in [0.05, 0.1) is 18.7 Å². The van der Waals surface area contributed by atoms with Gasteiger partial charge in [0.1, 0.15) is 0 Å². The van der Waals surface area contributed by atoms with Crippen LogP contribution in [-0.2, 0) is 14.3 Å². The molecule has 102 valence electrons. The molecule has 2 aliphatic heterocycles. The summed E-state index contributed by atoms with van der Waals surface area (Å²) in [7, 11) is 0. The van der Waals surface area contributed by atoms with Crippen LogP contribution in [0.4, 0.5) is 0 Å². The summed E-state index contributed by atoms with van der Waals surface area (Å²) in [5, 5.41) is 2.96. The summed E-state index contributed by atoms with van der Waals surface area (Å²) in [6.45, 7) is 3.63. The van der Waals surface area contributed by atoms with E-state index in [9.17, 15) is 9.59 Å². The highest BCUT2D eigenvalue weighted by Crippen LogP contribution is 2.17. The zero-order valence-corrected chi connectivity index (χ0v) is 11.0. The Labute approximate surface area is 108 Å². The second-order valence-electron chi connectivity index (χ2n) is 5.00. The van der Waals surface area contributed by atoms with Gasteiger partial charge in [0, 0.05) is 13.2 Å². The predicted octanol–water partition coefficient (Wildman–Crippen LogP) is 0.683. The minimum atomic E-state index is -0.189. The fraction of sp³-hybridized carbons (Fsp3) is 0.846. The first kappa shape index (κ1) is 13.5. The molecule has 0 bridgehead atoms. The van der Waals surface area contributed by atoms with Crippen LogP contribution in [-0.4, -0.2) is 48.6 Å². The highest BCUT2D eigenvalue weighted by molar-refractivity contribution is 6.01. The maximum absolute atomic E-state index is 12.0. The first-order chi connectivity index (χ1) is 8.72. The van der Waals surface area contributed by atoms with Gasteiger partial charge >= 0.3 is 0 Å². The molecule has 2 saturated heterocycles. The van der Waals surface area contributed by atoms with Crippen molar-refractivity contribution in [1.82, 2.24) is 10.2 Å². The number of carbonyl (C=O) groups excluding carboxylic acids is 2. The Bertz CT molecular complexity index is 313. The lowest BCUT2D eigenvalue weighted by Crippen LogP contribution is -2.58. The van der Waals surface area contributed by atoms with Gasteiger partial charge in [-0.05, 0) is 32.1 Å². The zero-order valence-electron chi connectivity index (χ0n) is 11.0. The number of hydrogen-bond donors (Lipinski definition) is 1. The standard InChI is InChI=1S/C13H22N2O3/c1-2-11-13(17)15(12(16)9-14-11)7-3-5-10-6-4-8-18-10/h10-11,14H,2-9H2,1H3. The maximum Gasteiger partial charge on any atom is 0.246 e. The second-order valence-corrected chi connectivity index (χ2v) is 5.00. The number of amides is 2. The molecule has 2 rings (SSSR count). The lowest BCUT2D eigenvalue weighted by Gasteiger charge is -2.31. The van der Waals surface area contributed by atoms with Crippen LogP contribution in [0.25, 0.3) is 0 Å². The number of hydrogen-bond acceptors (Lipinski definition) is 4. The van der Waals surface area contributed by atoms with Crippen LogP contribution >= 0.6 is 0 Å². The third kappa shape index (κ3) is 3.09. The number of nitrogens with one attached hydrogen (secondary N) is 1. The second kappa shape index (κ2) is 6.29. The molecule has 0 saturated carbocycles. The molecular formula is C13H22N2O3. The molecule has 1 N–H and O–H groups in total. The number of imide groups is 1. The van der Waals surface area contributed by atoms with Crippen molar-refractivity contribution in [3.8, 4) is 0 Å². The molecule has 5 heteroatoms. The Morgan fingerprint density at radius 1 is 1.44 bits per heavy atom. The van der Waals surface area contributed by atoms with E-state index in [4.69, 9.17) is 4.74 Å². The molecular weight excluding hydrogens is 232 g/mol. The van der Waals surface area contributed by atoms with Crippen molar-refractivity contribution in [2.24, 2.45) is 0 Å². The third-order valence-corrected chi connectivity index (χ3v) is 3.70. The average molecular weight is 254 g/mol. The van der Waals surface area contributed by atoms with Crippen LogP contribution in [0.1, 0.15) is 39.0 Å².